The van der Waals surface area contributed by atoms with Gasteiger partial charge in [0.15, 0.2) is 0 Å². The van der Waals surface area contributed by atoms with Gasteiger partial charge in [-0.3, -0.25) is 0 Å². The van der Waals surface area contributed by atoms with Crippen LogP contribution in [0, 0.1) is 12.3 Å². The topological polar surface area (TPSA) is 21.3 Å². The van der Waals surface area contributed by atoms with Gasteiger partial charge < -0.3 is 10.1 Å². The molecule has 0 aromatic heterocycles. The highest BCUT2D eigenvalue weighted by Crippen LogP contribution is 2.26. The minimum Gasteiger partial charge on any atom is -0.496 e. The fraction of sp³-hybridized carbons (Fsp3) is 0.467. The number of hydrogen-bond acceptors (Lipinski definition) is 2. The van der Waals surface area contributed by atoms with Gasteiger partial charge in [0, 0.05) is 18.0 Å². The average Bonchev–Trinajstić information content (AvgIpc) is 2.39. The van der Waals surface area contributed by atoms with Crippen LogP contribution < -0.4 is 10.1 Å². The Morgan fingerprint density at radius 2 is 2.18 bits per heavy atom. The zero-order chi connectivity index (χ0) is 12.5. The van der Waals surface area contributed by atoms with E-state index in [0.717, 1.165) is 31.6 Å². The van der Waals surface area contributed by atoms with Crippen molar-refractivity contribution in [3.05, 3.63) is 29.8 Å². The van der Waals surface area contributed by atoms with Crippen molar-refractivity contribution in [1.82, 2.24) is 5.32 Å². The molecule has 0 spiro atoms. The summed E-state index contributed by atoms with van der Waals surface area (Å²) in [6.07, 6.45) is 8.12. The summed E-state index contributed by atoms with van der Waals surface area (Å²) < 4.78 is 5.38. The Bertz CT molecular complexity index is 367. The Morgan fingerprint density at radius 3 is 2.82 bits per heavy atom. The van der Waals surface area contributed by atoms with E-state index in [9.17, 15) is 0 Å². The Balaban J connectivity index is 2.63. The van der Waals surface area contributed by atoms with Gasteiger partial charge in [0.25, 0.3) is 0 Å². The van der Waals surface area contributed by atoms with E-state index in [1.54, 1.807) is 7.11 Å². The highest BCUT2D eigenvalue weighted by molar-refractivity contribution is 5.35. The largest absolute Gasteiger partial charge is 0.496 e. The molecule has 17 heavy (non-hydrogen) atoms. The van der Waals surface area contributed by atoms with E-state index in [1.165, 1.54) is 5.56 Å². The van der Waals surface area contributed by atoms with Crippen molar-refractivity contribution < 1.29 is 4.74 Å². The van der Waals surface area contributed by atoms with Crippen LogP contribution in [0.25, 0.3) is 0 Å². The van der Waals surface area contributed by atoms with Gasteiger partial charge in [-0.2, -0.15) is 0 Å². The summed E-state index contributed by atoms with van der Waals surface area (Å²) >= 11 is 0. The summed E-state index contributed by atoms with van der Waals surface area (Å²) in [7, 11) is 1.71. The van der Waals surface area contributed by atoms with Crippen molar-refractivity contribution in [2.75, 3.05) is 13.7 Å². The number of rotatable bonds is 7. The third kappa shape index (κ3) is 4.13. The number of terminal acetylenes is 1. The van der Waals surface area contributed by atoms with Crippen LogP contribution in [0.5, 0.6) is 5.75 Å². The van der Waals surface area contributed by atoms with Gasteiger partial charge in [-0.05, 0) is 25.5 Å². The molecule has 2 heteroatoms. The molecule has 0 aliphatic carbocycles. The fourth-order valence-electron chi connectivity index (χ4n) is 1.90. The van der Waals surface area contributed by atoms with E-state index in [0.29, 0.717) is 6.04 Å². The first-order valence-corrected chi connectivity index (χ1v) is 6.13. The monoisotopic (exact) mass is 231 g/mol. The molecule has 0 amide bonds. The number of unbranched alkanes of at least 4 members (excludes halogenated alkanes) is 1. The molecule has 1 atom stereocenters. The molecule has 0 saturated heterocycles. The molecule has 1 aromatic rings. The quantitative estimate of drug-likeness (QED) is 0.575. The number of ether oxygens (including phenoxy) is 1. The lowest BCUT2D eigenvalue weighted by Crippen LogP contribution is -2.22. The zero-order valence-corrected chi connectivity index (χ0v) is 10.7. The number of benzene rings is 1. The van der Waals surface area contributed by atoms with E-state index >= 15 is 0 Å². The molecule has 0 radical (unpaired) electrons. The van der Waals surface area contributed by atoms with Crippen LogP contribution in [0.3, 0.4) is 0 Å². The van der Waals surface area contributed by atoms with Gasteiger partial charge in [-0.15, -0.1) is 12.3 Å². The Hall–Kier alpha value is -1.46. The number of para-hydroxylation sites is 1. The molecule has 92 valence electrons. The Kier molecular flexibility index (Phi) is 6.21. The first kappa shape index (κ1) is 13.6. The van der Waals surface area contributed by atoms with Crippen molar-refractivity contribution in [1.29, 1.82) is 0 Å². The van der Waals surface area contributed by atoms with Gasteiger partial charge in [0.05, 0.1) is 7.11 Å². The second-order valence-corrected chi connectivity index (χ2v) is 3.96. The van der Waals surface area contributed by atoms with Crippen LogP contribution in [0.2, 0.25) is 0 Å². The summed E-state index contributed by atoms with van der Waals surface area (Å²) in [6, 6.07) is 8.49. The third-order valence-electron chi connectivity index (χ3n) is 2.81. The molecule has 0 aliphatic rings. The molecule has 0 heterocycles. The van der Waals surface area contributed by atoms with Crippen molar-refractivity contribution in [3.8, 4) is 18.1 Å². The SMILES string of the molecule is C#CCCCNC(CC)c1ccccc1OC. The second kappa shape index (κ2) is 7.76. The van der Waals surface area contributed by atoms with Crippen LogP contribution in [0.4, 0.5) is 0 Å². The molecule has 1 N–H and O–H groups in total. The Morgan fingerprint density at radius 1 is 1.41 bits per heavy atom. The van der Waals surface area contributed by atoms with E-state index in [2.05, 4.69) is 24.2 Å². The molecule has 0 fully saturated rings. The van der Waals surface area contributed by atoms with Crippen LogP contribution in [-0.2, 0) is 0 Å². The maximum Gasteiger partial charge on any atom is 0.123 e. The maximum absolute atomic E-state index is 5.38. The van der Waals surface area contributed by atoms with E-state index < -0.39 is 0 Å². The Labute approximate surface area is 104 Å². The molecular formula is C15H21NO. The minimum atomic E-state index is 0.337. The fourth-order valence-corrected chi connectivity index (χ4v) is 1.90. The lowest BCUT2D eigenvalue weighted by atomic mass is 10.0. The summed E-state index contributed by atoms with van der Waals surface area (Å²) in [6.45, 7) is 3.12. The van der Waals surface area contributed by atoms with Crippen molar-refractivity contribution in [3.63, 3.8) is 0 Å². The van der Waals surface area contributed by atoms with Gasteiger partial charge in [-0.1, -0.05) is 25.1 Å². The molecule has 0 bridgehead atoms. The van der Waals surface area contributed by atoms with E-state index in [-0.39, 0.29) is 0 Å². The third-order valence-corrected chi connectivity index (χ3v) is 2.81. The predicted molar refractivity (Wildman–Crippen MR) is 72.1 cm³/mol. The van der Waals surface area contributed by atoms with Crippen LogP contribution in [0.15, 0.2) is 24.3 Å². The minimum absolute atomic E-state index is 0.337. The van der Waals surface area contributed by atoms with Crippen molar-refractivity contribution in [2.24, 2.45) is 0 Å². The van der Waals surface area contributed by atoms with Crippen LogP contribution in [0.1, 0.15) is 37.8 Å². The summed E-state index contributed by atoms with van der Waals surface area (Å²) in [5.74, 6) is 3.61. The summed E-state index contributed by atoms with van der Waals surface area (Å²) in [4.78, 5) is 0. The molecule has 1 rings (SSSR count). The van der Waals surface area contributed by atoms with Gasteiger partial charge >= 0.3 is 0 Å². The number of hydrogen-bond donors (Lipinski definition) is 1. The number of nitrogens with one attached hydrogen (secondary N) is 1. The molecule has 0 aliphatic heterocycles. The lowest BCUT2D eigenvalue weighted by Gasteiger charge is -2.19. The average molecular weight is 231 g/mol. The van der Waals surface area contributed by atoms with E-state index in [1.807, 2.05) is 18.2 Å². The molecule has 1 aromatic carbocycles. The van der Waals surface area contributed by atoms with Crippen LogP contribution in [-0.4, -0.2) is 13.7 Å². The standard InChI is InChI=1S/C15H21NO/c1-4-6-9-12-16-14(5-2)13-10-7-8-11-15(13)17-3/h1,7-8,10-11,14,16H,5-6,9,12H2,2-3H3. The van der Waals surface area contributed by atoms with Crippen molar-refractivity contribution in [2.45, 2.75) is 32.2 Å². The highest BCUT2D eigenvalue weighted by Gasteiger charge is 2.12. The van der Waals surface area contributed by atoms with Crippen LogP contribution >= 0.6 is 0 Å². The molecular weight excluding hydrogens is 210 g/mol. The highest BCUT2D eigenvalue weighted by atomic mass is 16.5. The lowest BCUT2D eigenvalue weighted by molar-refractivity contribution is 0.396. The van der Waals surface area contributed by atoms with Gasteiger partial charge in [0.2, 0.25) is 0 Å². The summed E-state index contributed by atoms with van der Waals surface area (Å²) in [5, 5.41) is 3.52. The summed E-state index contributed by atoms with van der Waals surface area (Å²) in [5.41, 5.74) is 1.22. The molecule has 1 unspecified atom stereocenters. The van der Waals surface area contributed by atoms with Gasteiger partial charge in [0.1, 0.15) is 5.75 Å². The second-order valence-electron chi connectivity index (χ2n) is 3.96. The normalized spacial score (nSPS) is 11.8. The maximum atomic E-state index is 5.38. The van der Waals surface area contributed by atoms with E-state index in [4.69, 9.17) is 11.2 Å². The van der Waals surface area contributed by atoms with Gasteiger partial charge in [-0.25, -0.2) is 0 Å². The zero-order valence-electron chi connectivity index (χ0n) is 10.7. The molecule has 0 saturated carbocycles. The smallest absolute Gasteiger partial charge is 0.123 e. The molecule has 2 nitrogen and oxygen atoms in total. The number of methoxy groups -OCH3 is 1. The predicted octanol–water partition coefficient (Wildman–Crippen LogP) is 3.15. The van der Waals surface area contributed by atoms with Crippen molar-refractivity contribution >= 4 is 0 Å². The first-order chi connectivity index (χ1) is 8.33. The first-order valence-electron chi connectivity index (χ1n) is 6.13.